The van der Waals surface area contributed by atoms with Crippen molar-refractivity contribution in [3.05, 3.63) is 35.9 Å². The summed E-state index contributed by atoms with van der Waals surface area (Å²) in [6, 6.07) is 4.45. The second-order valence-corrected chi connectivity index (χ2v) is 15.8. The van der Waals surface area contributed by atoms with Gasteiger partial charge in [0.25, 0.3) is 5.91 Å². The molecule has 1 aromatic carbocycles. The minimum Gasteiger partial charge on any atom is -0.453 e. The molecule has 0 bridgehead atoms. The van der Waals surface area contributed by atoms with Crippen molar-refractivity contribution < 1.29 is 33.5 Å². The molecule has 0 radical (unpaired) electrons. The van der Waals surface area contributed by atoms with E-state index in [-0.39, 0.29) is 18.4 Å². The molecular formula is C35H53N5O7. The Hall–Kier alpha value is -3.96. The third-order valence-electron chi connectivity index (χ3n) is 8.83. The summed E-state index contributed by atoms with van der Waals surface area (Å²) in [6.07, 6.45) is 2.47. The van der Waals surface area contributed by atoms with Gasteiger partial charge in [-0.15, -0.1) is 0 Å². The van der Waals surface area contributed by atoms with Crippen LogP contribution in [0.1, 0.15) is 93.6 Å². The number of ether oxygens (including phenoxy) is 1. The number of amides is 5. The van der Waals surface area contributed by atoms with E-state index in [4.69, 9.17) is 10.5 Å². The van der Waals surface area contributed by atoms with Gasteiger partial charge in [0, 0.05) is 6.54 Å². The van der Waals surface area contributed by atoms with Crippen molar-refractivity contribution in [2.75, 3.05) is 6.54 Å². The number of urea groups is 1. The van der Waals surface area contributed by atoms with Crippen molar-refractivity contribution in [3.8, 4) is 0 Å². The summed E-state index contributed by atoms with van der Waals surface area (Å²) in [6.45, 7) is 16.5. The fraction of sp³-hybridized carbons (Fsp3) is 0.657. The lowest BCUT2D eigenvalue weighted by molar-refractivity contribution is -0.162. The summed E-state index contributed by atoms with van der Waals surface area (Å²) in [7, 11) is 0. The highest BCUT2D eigenvalue weighted by molar-refractivity contribution is 6.37. The van der Waals surface area contributed by atoms with Gasteiger partial charge in [-0.2, -0.15) is 0 Å². The molecule has 12 nitrogen and oxygen atoms in total. The average Bonchev–Trinajstić information content (AvgIpc) is 3.69. The van der Waals surface area contributed by atoms with Crippen LogP contribution in [-0.2, 0) is 34.3 Å². The van der Waals surface area contributed by atoms with E-state index < -0.39 is 76.1 Å². The largest absolute Gasteiger partial charge is 0.453 e. The fourth-order valence-corrected chi connectivity index (χ4v) is 5.85. The van der Waals surface area contributed by atoms with Crippen molar-refractivity contribution >= 4 is 35.5 Å². The first kappa shape index (κ1) is 37.5. The van der Waals surface area contributed by atoms with Crippen molar-refractivity contribution in [3.63, 3.8) is 0 Å². The minimum absolute atomic E-state index is 0.0362. The second-order valence-electron chi connectivity index (χ2n) is 15.8. The number of esters is 1. The molecule has 12 heteroatoms. The smallest absolute Gasteiger partial charge is 0.330 e. The van der Waals surface area contributed by atoms with Gasteiger partial charge in [0.05, 0.1) is 6.04 Å². The number of nitrogens with one attached hydrogen (secondary N) is 3. The molecule has 1 aromatic rings. The predicted molar refractivity (Wildman–Crippen MR) is 176 cm³/mol. The van der Waals surface area contributed by atoms with Gasteiger partial charge in [0.2, 0.25) is 17.6 Å². The Bertz CT molecular complexity index is 1340. The van der Waals surface area contributed by atoms with E-state index in [9.17, 15) is 28.8 Å². The maximum atomic E-state index is 14.1. The number of carbonyl (C=O) groups excluding carboxylic acids is 6. The molecule has 3 rings (SSSR count). The molecule has 5 N–H and O–H groups in total. The van der Waals surface area contributed by atoms with E-state index in [2.05, 4.69) is 16.0 Å². The van der Waals surface area contributed by atoms with Gasteiger partial charge in [-0.1, -0.05) is 91.6 Å². The van der Waals surface area contributed by atoms with E-state index in [0.717, 1.165) is 18.4 Å². The highest BCUT2D eigenvalue weighted by Gasteiger charge is 2.46. The summed E-state index contributed by atoms with van der Waals surface area (Å²) in [5.41, 5.74) is 3.55. The first-order valence-electron chi connectivity index (χ1n) is 16.4. The molecule has 47 heavy (non-hydrogen) atoms. The Kier molecular flexibility index (Phi) is 11.5. The number of hydrogen-bond donors (Lipinski definition) is 4. The number of rotatable bonds is 12. The van der Waals surface area contributed by atoms with Crippen LogP contribution in [0.15, 0.2) is 30.3 Å². The maximum absolute atomic E-state index is 14.1. The van der Waals surface area contributed by atoms with Gasteiger partial charge >= 0.3 is 12.0 Å². The summed E-state index contributed by atoms with van der Waals surface area (Å²) in [5.74, 6) is -3.43. The van der Waals surface area contributed by atoms with Gasteiger partial charge in [-0.25, -0.2) is 9.59 Å². The Labute approximate surface area is 278 Å². The average molecular weight is 656 g/mol. The van der Waals surface area contributed by atoms with Crippen molar-refractivity contribution in [2.24, 2.45) is 28.4 Å². The number of hydrogen-bond acceptors (Lipinski definition) is 7. The number of carbonyl (C=O) groups is 6. The third-order valence-corrected chi connectivity index (χ3v) is 8.83. The highest BCUT2D eigenvalue weighted by Crippen LogP contribution is 2.34. The van der Waals surface area contributed by atoms with Crippen LogP contribution in [0.25, 0.3) is 0 Å². The van der Waals surface area contributed by atoms with Crippen LogP contribution < -0.4 is 21.7 Å². The van der Waals surface area contributed by atoms with Crippen LogP contribution >= 0.6 is 0 Å². The second kappa shape index (κ2) is 14.4. The van der Waals surface area contributed by atoms with E-state index in [1.165, 1.54) is 4.90 Å². The Morgan fingerprint density at radius 1 is 0.872 bits per heavy atom. The molecule has 1 aliphatic heterocycles. The number of nitrogens with two attached hydrogens (primary N) is 1. The topological polar surface area (TPSA) is 177 Å². The molecule has 5 atom stereocenters. The summed E-state index contributed by atoms with van der Waals surface area (Å²) >= 11 is 0. The molecule has 1 heterocycles. The van der Waals surface area contributed by atoms with Crippen LogP contribution in [-0.4, -0.2) is 71.1 Å². The SMILES string of the molecule is C[C@@H]1C[C@@H](C(=O)NC(CC2CC2)C(=O)C(N)=O)N(C(=O)[C@@H](NC(=O)N[C@H](C(=O)OC(C)(C)c2ccccc2)C(C)(C)C)C(C)(C)C)C1. The van der Waals surface area contributed by atoms with E-state index >= 15 is 0 Å². The molecule has 1 aliphatic carbocycles. The zero-order valence-corrected chi connectivity index (χ0v) is 29.3. The first-order chi connectivity index (χ1) is 21.6. The number of benzene rings is 1. The number of primary amides is 1. The summed E-state index contributed by atoms with van der Waals surface area (Å²) in [5, 5.41) is 8.20. The molecule has 260 valence electrons. The lowest BCUT2D eigenvalue weighted by atomic mass is 9.85. The Balaban J connectivity index is 1.78. The lowest BCUT2D eigenvalue weighted by Crippen LogP contribution is -2.62. The van der Waals surface area contributed by atoms with Gasteiger partial charge in [0.1, 0.15) is 23.7 Å². The molecule has 1 saturated carbocycles. The molecule has 1 unspecified atom stereocenters. The number of ketones is 1. The van der Waals surface area contributed by atoms with Crippen molar-refractivity contribution in [1.29, 1.82) is 0 Å². The lowest BCUT2D eigenvalue weighted by Gasteiger charge is -2.37. The zero-order chi connectivity index (χ0) is 35.5. The van der Waals surface area contributed by atoms with E-state index in [1.54, 1.807) is 55.4 Å². The molecule has 2 fully saturated rings. The molecule has 0 aromatic heterocycles. The van der Waals surface area contributed by atoms with Gasteiger partial charge < -0.3 is 31.3 Å². The zero-order valence-electron chi connectivity index (χ0n) is 29.3. The number of nitrogens with zero attached hydrogens (tertiary/aromatic N) is 1. The van der Waals surface area contributed by atoms with Gasteiger partial charge in [-0.3, -0.25) is 19.2 Å². The summed E-state index contributed by atoms with van der Waals surface area (Å²) in [4.78, 5) is 80.3. The van der Waals surface area contributed by atoms with E-state index in [1.807, 2.05) is 37.3 Å². The Morgan fingerprint density at radius 2 is 1.43 bits per heavy atom. The molecule has 0 spiro atoms. The molecule has 2 aliphatic rings. The highest BCUT2D eigenvalue weighted by atomic mass is 16.6. The van der Waals surface area contributed by atoms with Gasteiger partial charge in [-0.05, 0) is 54.9 Å². The monoisotopic (exact) mass is 655 g/mol. The van der Waals surface area contributed by atoms with Crippen LogP contribution in [0.3, 0.4) is 0 Å². The molecular weight excluding hydrogens is 602 g/mol. The van der Waals surface area contributed by atoms with Crippen LogP contribution in [0.2, 0.25) is 0 Å². The standard InChI is InChI=1S/C35H53N5O7/c1-20-17-24(29(43)37-23(18-21-15-16-21)25(41)28(36)42)40(19-20)30(44)26(33(2,3)4)38-32(46)39-27(34(5,6)7)31(45)47-35(8,9)22-13-11-10-12-14-22/h10-14,20-21,23-24,26-27H,15-19H2,1-9H3,(H2,36,42)(H,37,43)(H2,38,39,46)/t20-,23?,24+,26-,27-/m1/s1. The minimum atomic E-state index is -1.12. The molecule has 1 saturated heterocycles. The van der Waals surface area contributed by atoms with Crippen molar-refractivity contribution in [2.45, 2.75) is 118 Å². The molecule has 5 amide bonds. The van der Waals surface area contributed by atoms with E-state index in [0.29, 0.717) is 12.8 Å². The predicted octanol–water partition coefficient (Wildman–Crippen LogP) is 3.17. The van der Waals surface area contributed by atoms with Crippen LogP contribution in [0.5, 0.6) is 0 Å². The number of likely N-dealkylation sites (tertiary alicyclic amines) is 1. The fourth-order valence-electron chi connectivity index (χ4n) is 5.85. The van der Waals surface area contributed by atoms with Gasteiger partial charge in [0.15, 0.2) is 0 Å². The van der Waals surface area contributed by atoms with Crippen molar-refractivity contribution in [1.82, 2.24) is 20.9 Å². The third kappa shape index (κ3) is 10.0. The van der Waals surface area contributed by atoms with Crippen LogP contribution in [0, 0.1) is 22.7 Å². The first-order valence-corrected chi connectivity index (χ1v) is 16.4. The van der Waals surface area contributed by atoms with Crippen LogP contribution in [0.4, 0.5) is 4.79 Å². The quantitative estimate of drug-likeness (QED) is 0.197. The Morgan fingerprint density at radius 3 is 1.94 bits per heavy atom. The summed E-state index contributed by atoms with van der Waals surface area (Å²) < 4.78 is 5.90. The normalized spacial score (nSPS) is 20.4. The number of Topliss-reactive ketones (excluding diaryl/α,β-unsaturated/α-hetero) is 1. The maximum Gasteiger partial charge on any atom is 0.330 e.